The number of likely N-dealkylation sites (tertiary alicyclic amines) is 1. The molecular weight excluding hydrogens is 276 g/mol. The van der Waals surface area contributed by atoms with Crippen molar-refractivity contribution < 1.29 is 0 Å². The molecule has 0 saturated carbocycles. The van der Waals surface area contributed by atoms with Crippen LogP contribution in [0.5, 0.6) is 0 Å². The van der Waals surface area contributed by atoms with Gasteiger partial charge in [0.15, 0.2) is 0 Å². The summed E-state index contributed by atoms with van der Waals surface area (Å²) >= 11 is 3.45. The van der Waals surface area contributed by atoms with E-state index in [1.807, 2.05) is 0 Å². The maximum atomic E-state index is 3.47. The molecule has 1 aliphatic heterocycles. The van der Waals surface area contributed by atoms with Crippen LogP contribution < -0.4 is 5.32 Å². The largest absolute Gasteiger partial charge is 0.384 e. The van der Waals surface area contributed by atoms with Gasteiger partial charge in [-0.05, 0) is 43.1 Å². The van der Waals surface area contributed by atoms with Crippen LogP contribution in [-0.2, 0) is 0 Å². The third kappa shape index (κ3) is 4.00. The average Bonchev–Trinajstić information content (AvgIpc) is 2.80. The molecule has 94 valence electrons. The zero-order chi connectivity index (χ0) is 12.1. The van der Waals surface area contributed by atoms with Crippen LogP contribution in [0.4, 0.5) is 5.69 Å². The van der Waals surface area contributed by atoms with Crippen LogP contribution in [0.25, 0.3) is 0 Å². The summed E-state index contributed by atoms with van der Waals surface area (Å²) in [5.74, 6) is 0.933. The van der Waals surface area contributed by atoms with Crippen molar-refractivity contribution in [2.75, 3.05) is 31.5 Å². The maximum Gasteiger partial charge on any atom is 0.0341 e. The van der Waals surface area contributed by atoms with Gasteiger partial charge in [0.05, 0.1) is 0 Å². The van der Waals surface area contributed by atoms with Crippen LogP contribution in [0.2, 0.25) is 0 Å². The van der Waals surface area contributed by atoms with Gasteiger partial charge in [-0.2, -0.15) is 0 Å². The Bertz CT molecular complexity index is 337. The summed E-state index contributed by atoms with van der Waals surface area (Å²) in [6.45, 7) is 7.07. The summed E-state index contributed by atoms with van der Waals surface area (Å²) in [4.78, 5) is 2.57. The number of benzene rings is 1. The third-order valence-corrected chi connectivity index (χ3v) is 4.08. The van der Waals surface area contributed by atoms with E-state index in [0.717, 1.165) is 23.5 Å². The minimum atomic E-state index is 0.933. The molecule has 0 bridgehead atoms. The topological polar surface area (TPSA) is 15.3 Å². The highest BCUT2D eigenvalue weighted by Gasteiger charge is 2.19. The quantitative estimate of drug-likeness (QED) is 0.893. The lowest BCUT2D eigenvalue weighted by Crippen LogP contribution is -2.26. The fraction of sp³-hybridized carbons (Fsp3) is 0.571. The van der Waals surface area contributed by atoms with Gasteiger partial charge < -0.3 is 10.2 Å². The number of hydrogen-bond acceptors (Lipinski definition) is 2. The van der Waals surface area contributed by atoms with Gasteiger partial charge in [0, 0.05) is 29.8 Å². The first-order chi connectivity index (χ1) is 8.28. The van der Waals surface area contributed by atoms with E-state index in [2.05, 4.69) is 57.3 Å². The number of nitrogens with zero attached hydrogens (tertiary/aromatic N) is 1. The highest BCUT2D eigenvalue weighted by Crippen LogP contribution is 2.18. The molecule has 1 aliphatic rings. The summed E-state index contributed by atoms with van der Waals surface area (Å²) in [7, 11) is 0. The molecule has 2 nitrogen and oxygen atoms in total. The van der Waals surface area contributed by atoms with E-state index in [1.165, 1.54) is 31.6 Å². The van der Waals surface area contributed by atoms with Crippen LogP contribution in [-0.4, -0.2) is 31.1 Å². The fourth-order valence-corrected chi connectivity index (χ4v) is 2.64. The van der Waals surface area contributed by atoms with Gasteiger partial charge in [0.25, 0.3) is 0 Å². The molecule has 3 heteroatoms. The first-order valence-corrected chi connectivity index (χ1v) is 7.29. The van der Waals surface area contributed by atoms with E-state index in [0.29, 0.717) is 0 Å². The van der Waals surface area contributed by atoms with Gasteiger partial charge in [-0.15, -0.1) is 0 Å². The zero-order valence-electron chi connectivity index (χ0n) is 10.5. The Labute approximate surface area is 113 Å². The number of nitrogens with one attached hydrogen (secondary N) is 1. The molecule has 0 aromatic heterocycles. The van der Waals surface area contributed by atoms with Gasteiger partial charge in [-0.1, -0.05) is 29.3 Å². The Hall–Kier alpha value is -0.540. The standard InChI is InChI=1S/C14H21BrN2/c1-2-12-7-9-17(11-12)10-8-16-14-5-3-13(15)4-6-14/h3-6,12,16H,2,7-11H2,1H3. The lowest BCUT2D eigenvalue weighted by Gasteiger charge is -2.16. The first kappa shape index (κ1) is 12.9. The van der Waals surface area contributed by atoms with Crippen molar-refractivity contribution >= 4 is 21.6 Å². The minimum Gasteiger partial charge on any atom is -0.384 e. The molecule has 1 unspecified atom stereocenters. The first-order valence-electron chi connectivity index (χ1n) is 6.49. The van der Waals surface area contributed by atoms with Crippen molar-refractivity contribution in [3.05, 3.63) is 28.7 Å². The maximum absolute atomic E-state index is 3.47. The van der Waals surface area contributed by atoms with E-state index < -0.39 is 0 Å². The van der Waals surface area contributed by atoms with Crippen molar-refractivity contribution in [1.29, 1.82) is 0 Å². The number of halogens is 1. The zero-order valence-corrected chi connectivity index (χ0v) is 12.0. The van der Waals surface area contributed by atoms with Crippen LogP contribution >= 0.6 is 15.9 Å². The monoisotopic (exact) mass is 296 g/mol. The van der Waals surface area contributed by atoms with Crippen LogP contribution in [0.1, 0.15) is 19.8 Å². The van der Waals surface area contributed by atoms with Crippen LogP contribution in [0.3, 0.4) is 0 Å². The minimum absolute atomic E-state index is 0.933. The lowest BCUT2D eigenvalue weighted by atomic mass is 10.1. The predicted octanol–water partition coefficient (Wildman–Crippen LogP) is 3.59. The lowest BCUT2D eigenvalue weighted by molar-refractivity contribution is 0.335. The second kappa shape index (κ2) is 6.41. The second-order valence-corrected chi connectivity index (χ2v) is 5.71. The van der Waals surface area contributed by atoms with E-state index in [-0.39, 0.29) is 0 Å². The Kier molecular flexibility index (Phi) is 4.86. The molecule has 1 atom stereocenters. The number of rotatable bonds is 5. The Balaban J connectivity index is 1.68. The number of anilines is 1. The van der Waals surface area contributed by atoms with Crippen molar-refractivity contribution in [3.63, 3.8) is 0 Å². The van der Waals surface area contributed by atoms with Gasteiger partial charge in [0.2, 0.25) is 0 Å². The van der Waals surface area contributed by atoms with Gasteiger partial charge in [-0.3, -0.25) is 0 Å². The van der Waals surface area contributed by atoms with Crippen LogP contribution in [0.15, 0.2) is 28.7 Å². The molecule has 1 N–H and O–H groups in total. The molecule has 1 heterocycles. The number of hydrogen-bond donors (Lipinski definition) is 1. The Morgan fingerprint density at radius 2 is 2.12 bits per heavy atom. The molecule has 17 heavy (non-hydrogen) atoms. The summed E-state index contributed by atoms with van der Waals surface area (Å²) in [5.41, 5.74) is 1.21. The molecule has 0 aliphatic carbocycles. The van der Waals surface area contributed by atoms with Gasteiger partial charge >= 0.3 is 0 Å². The molecule has 0 radical (unpaired) electrons. The highest BCUT2D eigenvalue weighted by molar-refractivity contribution is 9.10. The summed E-state index contributed by atoms with van der Waals surface area (Å²) in [6, 6.07) is 8.38. The smallest absolute Gasteiger partial charge is 0.0341 e. The molecule has 1 fully saturated rings. The molecule has 1 aromatic carbocycles. The predicted molar refractivity (Wildman–Crippen MR) is 77.5 cm³/mol. The summed E-state index contributed by atoms with van der Waals surface area (Å²) in [6.07, 6.45) is 2.71. The normalized spacial score (nSPS) is 20.7. The van der Waals surface area contributed by atoms with Crippen molar-refractivity contribution in [3.8, 4) is 0 Å². The van der Waals surface area contributed by atoms with E-state index in [9.17, 15) is 0 Å². The Morgan fingerprint density at radius 3 is 2.76 bits per heavy atom. The molecule has 0 spiro atoms. The van der Waals surface area contributed by atoms with E-state index in [4.69, 9.17) is 0 Å². The second-order valence-electron chi connectivity index (χ2n) is 4.80. The summed E-state index contributed by atoms with van der Waals surface area (Å²) in [5, 5.41) is 3.47. The summed E-state index contributed by atoms with van der Waals surface area (Å²) < 4.78 is 1.13. The molecular formula is C14H21BrN2. The van der Waals surface area contributed by atoms with Crippen molar-refractivity contribution in [1.82, 2.24) is 4.90 Å². The van der Waals surface area contributed by atoms with Crippen molar-refractivity contribution in [2.45, 2.75) is 19.8 Å². The third-order valence-electron chi connectivity index (χ3n) is 3.55. The molecule has 2 rings (SSSR count). The fourth-order valence-electron chi connectivity index (χ4n) is 2.38. The van der Waals surface area contributed by atoms with E-state index in [1.54, 1.807) is 0 Å². The SMILES string of the molecule is CCC1CCN(CCNc2ccc(Br)cc2)C1. The van der Waals surface area contributed by atoms with Crippen LogP contribution in [0, 0.1) is 5.92 Å². The van der Waals surface area contributed by atoms with E-state index >= 15 is 0 Å². The molecule has 1 saturated heterocycles. The Morgan fingerprint density at radius 1 is 1.35 bits per heavy atom. The highest BCUT2D eigenvalue weighted by atomic mass is 79.9. The molecule has 0 amide bonds. The molecule has 1 aromatic rings. The van der Waals surface area contributed by atoms with Gasteiger partial charge in [-0.25, -0.2) is 0 Å². The average molecular weight is 297 g/mol. The van der Waals surface area contributed by atoms with Crippen molar-refractivity contribution in [2.24, 2.45) is 5.92 Å². The van der Waals surface area contributed by atoms with Gasteiger partial charge in [0.1, 0.15) is 0 Å².